The van der Waals surface area contributed by atoms with Crippen molar-refractivity contribution in [2.24, 2.45) is 15.8 Å². The molecule has 1 aliphatic heterocycles. The Balaban J connectivity index is 1.54. The first-order valence-corrected chi connectivity index (χ1v) is 15.8. The molecular formula is C28H39Cl2F2N3O3S. The molecule has 1 N–H and O–H groups in total. The van der Waals surface area contributed by atoms with Crippen LogP contribution in [0.25, 0.3) is 0 Å². The van der Waals surface area contributed by atoms with E-state index < -0.39 is 45.2 Å². The van der Waals surface area contributed by atoms with E-state index in [1.165, 1.54) is 4.31 Å². The van der Waals surface area contributed by atoms with Gasteiger partial charge in [-0.25, -0.2) is 17.2 Å². The Morgan fingerprint density at radius 2 is 1.72 bits per heavy atom. The number of nitrogens with zero attached hydrogens (tertiary/aromatic N) is 2. The van der Waals surface area contributed by atoms with Crippen molar-refractivity contribution >= 4 is 44.8 Å². The Morgan fingerprint density at radius 3 is 2.26 bits per heavy atom. The highest BCUT2D eigenvalue weighted by molar-refractivity contribution is 7.89. The van der Waals surface area contributed by atoms with E-state index in [-0.39, 0.29) is 23.2 Å². The van der Waals surface area contributed by atoms with Gasteiger partial charge in [0.25, 0.3) is 0 Å². The molecule has 1 aromatic rings. The summed E-state index contributed by atoms with van der Waals surface area (Å²) in [5.41, 5.74) is -0.876. The predicted molar refractivity (Wildman–Crippen MR) is 152 cm³/mol. The molecule has 4 aliphatic rings. The zero-order chi connectivity index (χ0) is 29.2. The average molecular weight is 607 g/mol. The van der Waals surface area contributed by atoms with Gasteiger partial charge in [0, 0.05) is 30.3 Å². The molecule has 3 fully saturated rings. The zero-order valence-electron chi connectivity index (χ0n) is 23.5. The van der Waals surface area contributed by atoms with Gasteiger partial charge in [-0.2, -0.15) is 4.31 Å². The van der Waals surface area contributed by atoms with E-state index in [4.69, 9.17) is 28.2 Å². The summed E-state index contributed by atoms with van der Waals surface area (Å²) in [6, 6.07) is 4.42. The molecule has 0 unspecified atom stereocenters. The zero-order valence-corrected chi connectivity index (χ0v) is 25.8. The lowest BCUT2D eigenvalue weighted by Gasteiger charge is -2.73. The van der Waals surface area contributed by atoms with E-state index in [0.717, 1.165) is 19.2 Å². The number of hydrogen-bond acceptors (Lipinski definition) is 5. The van der Waals surface area contributed by atoms with Gasteiger partial charge in [0.2, 0.25) is 15.9 Å². The third kappa shape index (κ3) is 6.31. The first kappa shape index (κ1) is 30.7. The topological polar surface area (TPSA) is 78.8 Å². The van der Waals surface area contributed by atoms with Crippen LogP contribution in [0.5, 0.6) is 0 Å². The third-order valence-electron chi connectivity index (χ3n) is 8.29. The van der Waals surface area contributed by atoms with Gasteiger partial charge in [-0.1, -0.05) is 50.0 Å². The summed E-state index contributed by atoms with van der Waals surface area (Å²) < 4.78 is 55.6. The molecule has 2 bridgehead atoms. The fourth-order valence-electron chi connectivity index (χ4n) is 6.11. The van der Waals surface area contributed by atoms with Crippen molar-refractivity contribution in [1.82, 2.24) is 9.62 Å². The second kappa shape index (κ2) is 9.92. The number of alkyl halides is 2. The van der Waals surface area contributed by atoms with Crippen LogP contribution in [-0.2, 0) is 21.4 Å². The Kier molecular flexibility index (Phi) is 7.80. The summed E-state index contributed by atoms with van der Waals surface area (Å²) in [4.78, 5) is 17.9. The van der Waals surface area contributed by atoms with E-state index in [2.05, 4.69) is 26.1 Å². The number of hydrogen-bond donors (Lipinski definition) is 1. The van der Waals surface area contributed by atoms with Crippen LogP contribution in [-0.4, -0.2) is 53.1 Å². The molecule has 5 rings (SSSR count). The molecule has 11 heteroatoms. The van der Waals surface area contributed by atoms with E-state index in [9.17, 15) is 22.0 Å². The van der Waals surface area contributed by atoms with Crippen molar-refractivity contribution < 1.29 is 22.0 Å². The standard InChI is InChI=1S/C28H39Cl2F2N3O3S/c1-24(2,3)10-9-21(36)22-25(4,5)34-23(33-22)27-15-28(16-27,17-27)35(39(37,38)12-11-26(6,31)32)14-18-7-8-19(29)20(30)13-18/h7-8,13,22H,9-12,14-17H2,1-6H3,(H,33,34)/t22-,27?,28?/m0/s1. The summed E-state index contributed by atoms with van der Waals surface area (Å²) in [6.45, 7) is 11.0. The monoisotopic (exact) mass is 605 g/mol. The summed E-state index contributed by atoms with van der Waals surface area (Å²) in [5.74, 6) is -2.88. The Bertz CT molecular complexity index is 1270. The van der Waals surface area contributed by atoms with E-state index >= 15 is 0 Å². The smallest absolute Gasteiger partial charge is 0.246 e. The maximum atomic E-state index is 13.6. The highest BCUT2D eigenvalue weighted by Gasteiger charge is 2.75. The van der Waals surface area contributed by atoms with E-state index in [1.807, 2.05) is 13.8 Å². The minimum Gasteiger partial charge on any atom is -0.366 e. The van der Waals surface area contributed by atoms with Crippen molar-refractivity contribution in [3.05, 3.63) is 33.8 Å². The minimum absolute atomic E-state index is 0.0178. The number of halogens is 4. The second-order valence-corrected chi connectivity index (χ2v) is 16.5. The largest absolute Gasteiger partial charge is 0.366 e. The van der Waals surface area contributed by atoms with Gasteiger partial charge >= 0.3 is 0 Å². The molecule has 0 spiro atoms. The van der Waals surface area contributed by atoms with Gasteiger partial charge < -0.3 is 5.32 Å². The van der Waals surface area contributed by atoms with Crippen LogP contribution in [0.4, 0.5) is 8.78 Å². The van der Waals surface area contributed by atoms with Gasteiger partial charge in [0.15, 0.2) is 5.78 Å². The maximum Gasteiger partial charge on any atom is 0.246 e. The molecule has 0 saturated heterocycles. The van der Waals surface area contributed by atoms with Gasteiger partial charge in [-0.05, 0) is 69.6 Å². The van der Waals surface area contributed by atoms with E-state index in [0.29, 0.717) is 41.3 Å². The molecule has 39 heavy (non-hydrogen) atoms. The lowest BCUT2D eigenvalue weighted by atomic mass is 9.38. The van der Waals surface area contributed by atoms with Gasteiger partial charge in [0.1, 0.15) is 11.9 Å². The lowest BCUT2D eigenvalue weighted by molar-refractivity contribution is -0.151. The van der Waals surface area contributed by atoms with E-state index in [1.54, 1.807) is 18.2 Å². The number of carbonyl (C=O) groups excluding carboxylic acids is 1. The van der Waals surface area contributed by atoms with Crippen LogP contribution in [0.15, 0.2) is 23.2 Å². The Hall–Kier alpha value is -1.29. The van der Waals surface area contributed by atoms with Gasteiger partial charge in [0.05, 0.1) is 21.3 Å². The number of nitrogens with one attached hydrogen (secondary N) is 1. The number of Topliss-reactive ketones (excluding diaryl/α,β-unsaturated/α-hetero) is 1. The second-order valence-electron chi connectivity index (χ2n) is 13.7. The number of amidine groups is 1. The molecule has 3 saturated carbocycles. The van der Waals surface area contributed by atoms with Crippen LogP contribution < -0.4 is 5.32 Å². The number of rotatable bonds is 11. The number of sulfonamides is 1. The average Bonchev–Trinajstić information content (AvgIpc) is 3.04. The molecule has 1 aromatic carbocycles. The Labute approximate surface area is 241 Å². The molecule has 0 amide bonds. The summed E-state index contributed by atoms with van der Waals surface area (Å²) in [5, 5.41) is 4.12. The van der Waals surface area contributed by atoms with Crippen LogP contribution in [0, 0.1) is 10.8 Å². The summed E-state index contributed by atoms with van der Waals surface area (Å²) >= 11 is 12.2. The minimum atomic E-state index is -4.01. The van der Waals surface area contributed by atoms with Crippen molar-refractivity contribution in [3.63, 3.8) is 0 Å². The molecule has 1 heterocycles. The first-order chi connectivity index (χ1) is 17.7. The number of benzene rings is 1. The van der Waals surface area contributed by atoms with Crippen LogP contribution >= 0.6 is 23.2 Å². The van der Waals surface area contributed by atoms with Crippen LogP contribution in [0.3, 0.4) is 0 Å². The first-order valence-electron chi connectivity index (χ1n) is 13.4. The maximum absolute atomic E-state index is 13.6. The highest BCUT2D eigenvalue weighted by Crippen LogP contribution is 2.71. The highest BCUT2D eigenvalue weighted by atomic mass is 35.5. The van der Waals surface area contributed by atoms with Gasteiger partial charge in [-0.15, -0.1) is 0 Å². The quantitative estimate of drug-likeness (QED) is 0.307. The predicted octanol–water partition coefficient (Wildman–Crippen LogP) is 6.64. The van der Waals surface area contributed by atoms with Crippen molar-refractivity contribution in [1.29, 1.82) is 0 Å². The molecule has 6 nitrogen and oxygen atoms in total. The Morgan fingerprint density at radius 1 is 1.10 bits per heavy atom. The van der Waals surface area contributed by atoms with Crippen molar-refractivity contribution in [2.75, 3.05) is 5.75 Å². The SMILES string of the molecule is CC(C)(C)CCC(=O)[C@@H]1N=C(C23CC(N(Cc4ccc(Cl)c(Cl)c4)S(=O)(=O)CCC(C)(F)F)(C2)C3)NC1(C)C. The summed E-state index contributed by atoms with van der Waals surface area (Å²) in [6.07, 6.45) is 2.03. The van der Waals surface area contributed by atoms with Crippen molar-refractivity contribution in [2.45, 2.75) is 110 Å². The summed E-state index contributed by atoms with van der Waals surface area (Å²) in [7, 11) is -4.01. The molecule has 3 aliphatic carbocycles. The van der Waals surface area contributed by atoms with Crippen LogP contribution in [0.1, 0.15) is 85.6 Å². The molecular weight excluding hydrogens is 567 g/mol. The lowest BCUT2D eigenvalue weighted by Crippen LogP contribution is -2.78. The number of ketones is 1. The molecule has 1 atom stereocenters. The third-order valence-corrected chi connectivity index (χ3v) is 10.9. The number of aliphatic imine (C=N–C) groups is 1. The molecule has 218 valence electrons. The number of carbonyl (C=O) groups is 1. The fraction of sp³-hybridized carbons (Fsp3) is 0.714. The fourth-order valence-corrected chi connectivity index (χ4v) is 8.40. The molecule has 0 radical (unpaired) electrons. The van der Waals surface area contributed by atoms with Gasteiger partial charge in [-0.3, -0.25) is 9.79 Å². The van der Waals surface area contributed by atoms with Crippen molar-refractivity contribution in [3.8, 4) is 0 Å². The molecule has 0 aromatic heterocycles. The van der Waals surface area contributed by atoms with Crippen LogP contribution in [0.2, 0.25) is 10.0 Å². The normalized spacial score (nSPS) is 28.0.